The van der Waals surface area contributed by atoms with Gasteiger partial charge in [-0.3, -0.25) is 9.59 Å². The standard InChI is InChI=1S/C57H101NO5/c1-4-7-10-13-16-19-22-24-26-28-29-31-33-35-38-41-44-47-50-57(62)63-53(48-45-42-39-36-34-32-30-27-25-23-20-17-14-11-8-5-2)51-56(61)58-54(52-59)55(60)49-46-43-40-37-21-18-15-12-9-6-3/h11,14,17,20,23,25,27,29-32,34,53-55,59-60H,4-10,12-13,15-16,18-19,21-22,24,26,28,33,35-52H2,1-3H3,(H,58,61)/b14-11+,20-17+,25-23+,30-27+,31-29+,34-32+. The number of carbonyl (C=O) groups excluding carboxylic acids is 2. The molecule has 1 amide bonds. The molecular formula is C57H101NO5. The molecule has 0 saturated heterocycles. The maximum absolute atomic E-state index is 13.2. The Labute approximate surface area is 390 Å². The number of amides is 1. The first-order chi connectivity index (χ1) is 31.0. The summed E-state index contributed by atoms with van der Waals surface area (Å²) in [6.07, 6.45) is 63.9. The lowest BCUT2D eigenvalue weighted by Gasteiger charge is -2.24. The highest BCUT2D eigenvalue weighted by Gasteiger charge is 2.24. The zero-order chi connectivity index (χ0) is 45.9. The van der Waals surface area contributed by atoms with E-state index in [1.54, 1.807) is 0 Å². The molecule has 0 saturated carbocycles. The van der Waals surface area contributed by atoms with Gasteiger partial charge in [-0.1, -0.05) is 241 Å². The Balaban J connectivity index is 4.66. The van der Waals surface area contributed by atoms with Gasteiger partial charge >= 0.3 is 5.97 Å². The second-order valence-electron chi connectivity index (χ2n) is 18.0. The van der Waals surface area contributed by atoms with Crippen molar-refractivity contribution in [2.45, 2.75) is 270 Å². The van der Waals surface area contributed by atoms with E-state index < -0.39 is 18.2 Å². The van der Waals surface area contributed by atoms with Gasteiger partial charge in [0.2, 0.25) is 5.91 Å². The van der Waals surface area contributed by atoms with Crippen LogP contribution < -0.4 is 5.32 Å². The summed E-state index contributed by atoms with van der Waals surface area (Å²) in [5, 5.41) is 23.7. The molecule has 0 fully saturated rings. The van der Waals surface area contributed by atoms with Crippen molar-refractivity contribution < 1.29 is 24.5 Å². The van der Waals surface area contributed by atoms with Gasteiger partial charge in [-0.25, -0.2) is 0 Å². The van der Waals surface area contributed by atoms with Crippen molar-refractivity contribution in [2.24, 2.45) is 0 Å². The van der Waals surface area contributed by atoms with Gasteiger partial charge in [0.1, 0.15) is 6.10 Å². The van der Waals surface area contributed by atoms with Crippen molar-refractivity contribution in [3.05, 3.63) is 72.9 Å². The first kappa shape index (κ1) is 60.3. The minimum absolute atomic E-state index is 0.0439. The Morgan fingerprint density at radius 3 is 1.35 bits per heavy atom. The third-order valence-electron chi connectivity index (χ3n) is 11.9. The van der Waals surface area contributed by atoms with E-state index in [0.29, 0.717) is 19.3 Å². The number of aliphatic hydroxyl groups is 2. The largest absolute Gasteiger partial charge is 0.462 e. The van der Waals surface area contributed by atoms with Crippen LogP contribution in [0.3, 0.4) is 0 Å². The number of hydrogen-bond donors (Lipinski definition) is 3. The van der Waals surface area contributed by atoms with Gasteiger partial charge < -0.3 is 20.3 Å². The average molecular weight is 880 g/mol. The van der Waals surface area contributed by atoms with Crippen molar-refractivity contribution in [1.29, 1.82) is 0 Å². The highest BCUT2D eigenvalue weighted by atomic mass is 16.5. The van der Waals surface area contributed by atoms with E-state index >= 15 is 0 Å². The van der Waals surface area contributed by atoms with Gasteiger partial charge in [0.25, 0.3) is 0 Å². The molecule has 0 aliphatic carbocycles. The molecule has 0 aromatic rings. The fourth-order valence-corrected chi connectivity index (χ4v) is 7.81. The summed E-state index contributed by atoms with van der Waals surface area (Å²) in [5.74, 6) is -0.525. The van der Waals surface area contributed by atoms with Gasteiger partial charge in [-0.2, -0.15) is 0 Å². The highest BCUT2D eigenvalue weighted by molar-refractivity contribution is 5.77. The summed E-state index contributed by atoms with van der Waals surface area (Å²) in [5.41, 5.74) is 0. The molecule has 0 aliphatic rings. The van der Waals surface area contributed by atoms with Crippen LogP contribution in [-0.2, 0) is 14.3 Å². The van der Waals surface area contributed by atoms with Crippen LogP contribution in [0.1, 0.15) is 252 Å². The van der Waals surface area contributed by atoms with E-state index in [1.807, 2.05) is 36.5 Å². The summed E-state index contributed by atoms with van der Waals surface area (Å²) < 4.78 is 5.92. The van der Waals surface area contributed by atoms with Crippen LogP contribution in [0, 0.1) is 0 Å². The highest BCUT2D eigenvalue weighted by Crippen LogP contribution is 2.17. The Hall–Kier alpha value is -2.70. The molecule has 3 N–H and O–H groups in total. The topological polar surface area (TPSA) is 95.9 Å². The van der Waals surface area contributed by atoms with E-state index in [0.717, 1.165) is 77.0 Å². The van der Waals surface area contributed by atoms with Crippen LogP contribution in [0.2, 0.25) is 0 Å². The van der Waals surface area contributed by atoms with Crippen LogP contribution in [0.4, 0.5) is 0 Å². The maximum atomic E-state index is 13.2. The lowest BCUT2D eigenvalue weighted by molar-refractivity contribution is -0.151. The van der Waals surface area contributed by atoms with E-state index in [-0.39, 0.29) is 24.9 Å². The molecular weight excluding hydrogens is 779 g/mol. The van der Waals surface area contributed by atoms with Crippen LogP contribution >= 0.6 is 0 Å². The maximum Gasteiger partial charge on any atom is 0.306 e. The first-order valence-electron chi connectivity index (χ1n) is 26.7. The molecule has 0 aliphatic heterocycles. The van der Waals surface area contributed by atoms with E-state index in [4.69, 9.17) is 4.74 Å². The van der Waals surface area contributed by atoms with E-state index in [1.165, 1.54) is 128 Å². The summed E-state index contributed by atoms with van der Waals surface area (Å²) >= 11 is 0. The fraction of sp³-hybridized carbons (Fsp3) is 0.754. The van der Waals surface area contributed by atoms with Crippen molar-refractivity contribution in [1.82, 2.24) is 5.32 Å². The number of aliphatic hydroxyl groups excluding tert-OH is 2. The molecule has 3 unspecified atom stereocenters. The number of allylic oxidation sites excluding steroid dienone is 12. The predicted octanol–water partition coefficient (Wildman–Crippen LogP) is 16.2. The van der Waals surface area contributed by atoms with Gasteiger partial charge in [-0.15, -0.1) is 0 Å². The zero-order valence-electron chi connectivity index (χ0n) is 41.4. The number of carbonyl (C=O) groups is 2. The van der Waals surface area contributed by atoms with Gasteiger partial charge in [0.05, 0.1) is 25.2 Å². The van der Waals surface area contributed by atoms with Gasteiger partial charge in [0.15, 0.2) is 0 Å². The lowest BCUT2D eigenvalue weighted by Crippen LogP contribution is -2.46. The molecule has 3 atom stereocenters. The van der Waals surface area contributed by atoms with Crippen LogP contribution in [0.25, 0.3) is 0 Å². The number of hydrogen-bond acceptors (Lipinski definition) is 5. The Morgan fingerprint density at radius 2 is 0.857 bits per heavy atom. The van der Waals surface area contributed by atoms with E-state index in [2.05, 4.69) is 62.5 Å². The quantitative estimate of drug-likeness (QED) is 0.0245. The van der Waals surface area contributed by atoms with Crippen molar-refractivity contribution in [2.75, 3.05) is 6.61 Å². The molecule has 0 spiro atoms. The molecule has 0 heterocycles. The van der Waals surface area contributed by atoms with Crippen molar-refractivity contribution in [3.63, 3.8) is 0 Å². The van der Waals surface area contributed by atoms with E-state index in [9.17, 15) is 19.8 Å². The molecule has 0 rings (SSSR count). The number of nitrogens with one attached hydrogen (secondary N) is 1. The normalized spacial score (nSPS) is 13.8. The van der Waals surface area contributed by atoms with Gasteiger partial charge in [-0.05, 0) is 70.6 Å². The number of rotatable bonds is 47. The third-order valence-corrected chi connectivity index (χ3v) is 11.9. The van der Waals surface area contributed by atoms with Gasteiger partial charge in [0, 0.05) is 6.42 Å². The summed E-state index contributed by atoms with van der Waals surface area (Å²) in [6, 6.07) is -0.719. The number of esters is 1. The minimum Gasteiger partial charge on any atom is -0.462 e. The molecule has 63 heavy (non-hydrogen) atoms. The Bertz CT molecular complexity index is 1170. The smallest absolute Gasteiger partial charge is 0.306 e. The van der Waals surface area contributed by atoms with Crippen LogP contribution in [0.5, 0.6) is 0 Å². The molecule has 0 radical (unpaired) electrons. The van der Waals surface area contributed by atoms with Crippen LogP contribution in [0.15, 0.2) is 72.9 Å². The SMILES string of the molecule is CCC/C=C/C=C/C=C/C=C/C=C/CCCCCC(CC(=O)NC(CO)C(O)CCCCCCCCCCCC)OC(=O)CCCCCCC/C=C/CCCCCCCCCCC. The van der Waals surface area contributed by atoms with Crippen molar-refractivity contribution in [3.8, 4) is 0 Å². The average Bonchev–Trinajstić information content (AvgIpc) is 3.28. The Morgan fingerprint density at radius 1 is 0.460 bits per heavy atom. The molecule has 364 valence electrons. The molecule has 0 aromatic heterocycles. The van der Waals surface area contributed by atoms with Crippen LogP contribution in [-0.4, -0.2) is 46.9 Å². The first-order valence-corrected chi connectivity index (χ1v) is 26.7. The zero-order valence-corrected chi connectivity index (χ0v) is 41.4. The monoisotopic (exact) mass is 880 g/mol. The Kier molecular flexibility index (Phi) is 48.1. The number of ether oxygens (including phenoxy) is 1. The second-order valence-corrected chi connectivity index (χ2v) is 18.0. The third kappa shape index (κ3) is 45.7. The second kappa shape index (κ2) is 50.3. The molecule has 0 aromatic carbocycles. The van der Waals surface area contributed by atoms with Crippen molar-refractivity contribution >= 4 is 11.9 Å². The minimum atomic E-state index is -0.803. The predicted molar refractivity (Wildman–Crippen MR) is 273 cm³/mol. The summed E-state index contributed by atoms with van der Waals surface area (Å²) in [7, 11) is 0. The molecule has 6 heteroatoms. The molecule has 0 bridgehead atoms. The lowest BCUT2D eigenvalue weighted by atomic mass is 10.0. The summed E-state index contributed by atoms with van der Waals surface area (Å²) in [6.45, 7) is 6.37. The number of unbranched alkanes of at least 4 members (excludes halogenated alkanes) is 27. The molecule has 6 nitrogen and oxygen atoms in total. The fourth-order valence-electron chi connectivity index (χ4n) is 7.81. The summed E-state index contributed by atoms with van der Waals surface area (Å²) in [4.78, 5) is 26.2.